The van der Waals surface area contributed by atoms with Gasteiger partial charge in [-0.25, -0.2) is 4.79 Å². The van der Waals surface area contributed by atoms with Crippen molar-refractivity contribution in [3.8, 4) is 23.5 Å². The van der Waals surface area contributed by atoms with E-state index in [-0.39, 0.29) is 19.0 Å². The fraction of sp³-hybridized carbons (Fsp3) is 0.182. The van der Waals surface area contributed by atoms with E-state index in [2.05, 4.69) is 22.5 Å². The molecule has 1 fully saturated rings. The monoisotopic (exact) mass is 389 g/mol. The quantitative estimate of drug-likeness (QED) is 0.462. The van der Waals surface area contributed by atoms with Crippen molar-refractivity contribution in [3.63, 3.8) is 0 Å². The molecule has 1 atom stereocenters. The van der Waals surface area contributed by atoms with E-state index in [0.717, 1.165) is 5.39 Å². The SMILES string of the molecule is CC#CCOc1ccc2cn(C[C@@]3(c4ccccc4)NC(=O)NC3=O)c(O)c2c1. The van der Waals surface area contributed by atoms with Crippen molar-refractivity contribution < 1.29 is 19.4 Å². The number of aromatic nitrogens is 1. The number of amides is 3. The maximum Gasteiger partial charge on any atom is 0.322 e. The van der Waals surface area contributed by atoms with E-state index >= 15 is 0 Å². The first kappa shape index (κ1) is 18.4. The van der Waals surface area contributed by atoms with E-state index in [9.17, 15) is 14.7 Å². The molecular formula is C22H19N3O4. The third kappa shape index (κ3) is 3.25. The normalized spacial score (nSPS) is 18.1. The molecule has 0 radical (unpaired) electrons. The second-order valence-corrected chi connectivity index (χ2v) is 6.72. The van der Waals surface area contributed by atoms with Crippen molar-refractivity contribution in [1.82, 2.24) is 15.2 Å². The number of urea groups is 1. The minimum atomic E-state index is -1.32. The van der Waals surface area contributed by atoms with Gasteiger partial charge >= 0.3 is 6.03 Å². The molecule has 146 valence electrons. The predicted octanol–water partition coefficient (Wildman–Crippen LogP) is 2.48. The molecule has 3 N–H and O–H groups in total. The van der Waals surface area contributed by atoms with Gasteiger partial charge in [-0.15, -0.1) is 5.92 Å². The van der Waals surface area contributed by atoms with Crippen molar-refractivity contribution in [2.24, 2.45) is 0 Å². The predicted molar refractivity (Wildman–Crippen MR) is 107 cm³/mol. The highest BCUT2D eigenvalue weighted by molar-refractivity contribution is 6.07. The summed E-state index contributed by atoms with van der Waals surface area (Å²) in [7, 11) is 0. The molecule has 0 bridgehead atoms. The first-order valence-electron chi connectivity index (χ1n) is 9.07. The van der Waals surface area contributed by atoms with Crippen LogP contribution in [0.25, 0.3) is 10.8 Å². The van der Waals surface area contributed by atoms with Crippen LogP contribution in [0, 0.1) is 11.8 Å². The number of imide groups is 1. The molecule has 1 aliphatic heterocycles. The van der Waals surface area contributed by atoms with Gasteiger partial charge in [-0.3, -0.25) is 10.1 Å². The molecule has 4 rings (SSSR count). The zero-order chi connectivity index (χ0) is 20.4. The van der Waals surface area contributed by atoms with Crippen LogP contribution in [-0.4, -0.2) is 28.2 Å². The summed E-state index contributed by atoms with van der Waals surface area (Å²) in [4.78, 5) is 24.6. The van der Waals surface area contributed by atoms with Crippen LogP contribution in [0.3, 0.4) is 0 Å². The summed E-state index contributed by atoms with van der Waals surface area (Å²) in [5.74, 6) is 5.68. The average molecular weight is 389 g/mol. The number of fused-ring (bicyclic) bond motifs is 1. The minimum Gasteiger partial charge on any atom is -0.494 e. The molecule has 2 aromatic carbocycles. The maximum absolute atomic E-state index is 12.7. The molecule has 29 heavy (non-hydrogen) atoms. The first-order chi connectivity index (χ1) is 14.0. The molecule has 3 aromatic rings. The Morgan fingerprint density at radius 3 is 2.66 bits per heavy atom. The van der Waals surface area contributed by atoms with Crippen LogP contribution in [0.4, 0.5) is 4.79 Å². The molecular weight excluding hydrogens is 370 g/mol. The highest BCUT2D eigenvalue weighted by atomic mass is 16.5. The summed E-state index contributed by atoms with van der Waals surface area (Å²) in [6, 6.07) is 13.7. The molecule has 0 spiro atoms. The summed E-state index contributed by atoms with van der Waals surface area (Å²) in [6.07, 6.45) is 1.74. The lowest BCUT2D eigenvalue weighted by Gasteiger charge is -2.27. The second-order valence-electron chi connectivity index (χ2n) is 6.72. The van der Waals surface area contributed by atoms with Crippen LogP contribution in [0.1, 0.15) is 12.5 Å². The Labute approximate surface area is 167 Å². The summed E-state index contributed by atoms with van der Waals surface area (Å²) in [5.41, 5.74) is -0.691. The Bertz CT molecular complexity index is 1160. The second kappa shape index (κ2) is 7.24. The largest absolute Gasteiger partial charge is 0.494 e. The number of rotatable bonds is 5. The van der Waals surface area contributed by atoms with Gasteiger partial charge in [0.1, 0.15) is 12.4 Å². The van der Waals surface area contributed by atoms with Gasteiger partial charge in [-0.05, 0) is 30.7 Å². The van der Waals surface area contributed by atoms with Crippen molar-refractivity contribution in [3.05, 3.63) is 60.3 Å². The highest BCUT2D eigenvalue weighted by Crippen LogP contribution is 2.34. The van der Waals surface area contributed by atoms with Crippen LogP contribution in [-0.2, 0) is 16.9 Å². The molecule has 1 aromatic heterocycles. The van der Waals surface area contributed by atoms with Gasteiger partial charge < -0.3 is 19.7 Å². The molecule has 0 saturated carbocycles. The lowest BCUT2D eigenvalue weighted by molar-refractivity contribution is -0.124. The Balaban J connectivity index is 1.73. The fourth-order valence-corrected chi connectivity index (χ4v) is 3.50. The lowest BCUT2D eigenvalue weighted by atomic mass is 9.90. The average Bonchev–Trinajstić information content (AvgIpc) is 3.19. The maximum atomic E-state index is 12.7. The number of nitrogens with zero attached hydrogens (tertiary/aromatic N) is 1. The van der Waals surface area contributed by atoms with Crippen LogP contribution in [0.15, 0.2) is 54.7 Å². The standard InChI is InChI=1S/C22H19N3O4/c1-2-3-11-29-17-10-9-15-13-25(19(26)18(15)12-17)14-22(16-7-5-4-6-8-16)20(27)23-21(28)24-22/h4-10,12-13,26H,11,14H2,1H3,(H2,23,24,27,28)/t22-/m0/s1. The van der Waals surface area contributed by atoms with Gasteiger partial charge in [-0.1, -0.05) is 36.3 Å². The van der Waals surface area contributed by atoms with Gasteiger partial charge in [0.2, 0.25) is 0 Å². The fourth-order valence-electron chi connectivity index (χ4n) is 3.50. The summed E-state index contributed by atoms with van der Waals surface area (Å²) < 4.78 is 7.11. The Kier molecular flexibility index (Phi) is 4.61. The number of benzene rings is 2. The molecule has 7 heteroatoms. The number of carbonyl (C=O) groups excluding carboxylic acids is 2. The molecule has 2 heterocycles. The van der Waals surface area contributed by atoms with E-state index in [0.29, 0.717) is 16.7 Å². The Hall–Kier alpha value is -3.92. The van der Waals surface area contributed by atoms with Gasteiger partial charge in [0.25, 0.3) is 5.91 Å². The van der Waals surface area contributed by atoms with Crippen LogP contribution in [0.5, 0.6) is 11.6 Å². The Morgan fingerprint density at radius 1 is 1.17 bits per heavy atom. The van der Waals surface area contributed by atoms with E-state index in [4.69, 9.17) is 4.74 Å². The van der Waals surface area contributed by atoms with Crippen molar-refractivity contribution in [1.29, 1.82) is 0 Å². The summed E-state index contributed by atoms with van der Waals surface area (Å²) >= 11 is 0. The van der Waals surface area contributed by atoms with Crippen molar-refractivity contribution in [2.75, 3.05) is 6.61 Å². The van der Waals surface area contributed by atoms with E-state index in [1.165, 1.54) is 0 Å². The smallest absolute Gasteiger partial charge is 0.322 e. The number of ether oxygens (including phenoxy) is 1. The van der Waals surface area contributed by atoms with Crippen LogP contribution < -0.4 is 15.4 Å². The van der Waals surface area contributed by atoms with Gasteiger partial charge in [-0.2, -0.15) is 0 Å². The molecule has 3 amide bonds. The highest BCUT2D eigenvalue weighted by Gasteiger charge is 2.48. The van der Waals surface area contributed by atoms with Gasteiger partial charge in [0, 0.05) is 17.0 Å². The summed E-state index contributed by atoms with van der Waals surface area (Å²) in [6.45, 7) is 2.03. The number of hydrogen-bond donors (Lipinski definition) is 3. The lowest BCUT2D eigenvalue weighted by Crippen LogP contribution is -2.47. The molecule has 7 nitrogen and oxygen atoms in total. The zero-order valence-corrected chi connectivity index (χ0v) is 15.7. The molecule has 1 saturated heterocycles. The van der Waals surface area contributed by atoms with Crippen molar-refractivity contribution in [2.45, 2.75) is 19.0 Å². The third-order valence-electron chi connectivity index (χ3n) is 4.94. The summed E-state index contributed by atoms with van der Waals surface area (Å²) in [5, 5.41) is 17.2. The number of carbonyl (C=O) groups is 2. The molecule has 0 aliphatic carbocycles. The van der Waals surface area contributed by atoms with E-state index in [1.54, 1.807) is 54.1 Å². The first-order valence-corrected chi connectivity index (χ1v) is 9.07. The molecule has 1 aliphatic rings. The van der Waals surface area contributed by atoms with Gasteiger partial charge in [0.15, 0.2) is 11.4 Å². The van der Waals surface area contributed by atoms with Crippen molar-refractivity contribution >= 4 is 22.7 Å². The van der Waals surface area contributed by atoms with E-state index < -0.39 is 17.5 Å². The number of hydrogen-bond acceptors (Lipinski definition) is 4. The topological polar surface area (TPSA) is 92.6 Å². The number of nitrogens with one attached hydrogen (secondary N) is 2. The zero-order valence-electron chi connectivity index (χ0n) is 15.7. The number of aromatic hydroxyl groups is 1. The van der Waals surface area contributed by atoms with Crippen LogP contribution >= 0.6 is 0 Å². The van der Waals surface area contributed by atoms with Gasteiger partial charge in [0.05, 0.1) is 6.54 Å². The minimum absolute atomic E-state index is 0.0173. The molecule has 0 unspecified atom stereocenters. The van der Waals surface area contributed by atoms with E-state index in [1.807, 2.05) is 12.1 Å². The Morgan fingerprint density at radius 2 is 1.97 bits per heavy atom. The van der Waals surface area contributed by atoms with Crippen LogP contribution in [0.2, 0.25) is 0 Å². The third-order valence-corrected chi connectivity index (χ3v) is 4.94.